The molecule has 0 saturated carbocycles. The Hall–Kier alpha value is -4.10. The van der Waals surface area contributed by atoms with Crippen LogP contribution in [0.4, 0.5) is 11.6 Å². The van der Waals surface area contributed by atoms with Crippen LogP contribution in [0.15, 0.2) is 90.4 Å². The molecule has 0 radical (unpaired) electrons. The maximum Gasteiger partial charge on any atom is 0.255 e. The van der Waals surface area contributed by atoms with Crippen LogP contribution in [0.1, 0.15) is 29.7 Å². The number of aryl methyl sites for hydroxylation is 1. The minimum Gasteiger partial charge on any atom is -0.489 e. The molecule has 8 heteroatoms. The Bertz CT molecular complexity index is 1410. The molecule has 1 aliphatic rings. The first-order chi connectivity index (χ1) is 17.0. The second kappa shape index (κ2) is 9.64. The molecule has 7 nitrogen and oxygen atoms in total. The van der Waals surface area contributed by atoms with E-state index in [1.54, 1.807) is 4.68 Å². The fraction of sp³-hybridized carbons (Fsp3) is 0.148. The highest BCUT2D eigenvalue weighted by atomic mass is 35.5. The number of aromatic nitrogens is 3. The maximum absolute atomic E-state index is 13.5. The number of rotatable bonds is 6. The summed E-state index contributed by atoms with van der Waals surface area (Å²) in [6, 6.07) is 22.5. The lowest BCUT2D eigenvalue weighted by Gasteiger charge is -2.29. The number of para-hydroxylation sites is 1. The molecule has 3 aromatic carbocycles. The molecular weight excluding hydrogens is 462 g/mol. The summed E-state index contributed by atoms with van der Waals surface area (Å²) in [6.45, 7) is 4.20. The minimum atomic E-state index is -0.449. The van der Waals surface area contributed by atoms with Gasteiger partial charge in [0.25, 0.3) is 5.91 Å². The van der Waals surface area contributed by atoms with E-state index in [0.29, 0.717) is 28.9 Å². The van der Waals surface area contributed by atoms with Crippen LogP contribution in [-0.2, 0) is 11.4 Å². The van der Waals surface area contributed by atoms with E-state index in [1.165, 1.54) is 6.33 Å². The molecule has 2 heterocycles. The molecule has 4 aromatic rings. The van der Waals surface area contributed by atoms with Crippen molar-refractivity contribution < 1.29 is 9.53 Å². The molecule has 2 N–H and O–H groups in total. The summed E-state index contributed by atoms with van der Waals surface area (Å²) < 4.78 is 7.66. The third-order valence-corrected chi connectivity index (χ3v) is 6.35. The Kier molecular flexibility index (Phi) is 6.25. The van der Waals surface area contributed by atoms with Gasteiger partial charge in [-0.05, 0) is 49.2 Å². The second-order valence-corrected chi connectivity index (χ2v) is 8.72. The Morgan fingerprint density at radius 1 is 1.06 bits per heavy atom. The van der Waals surface area contributed by atoms with Gasteiger partial charge < -0.3 is 15.4 Å². The number of carbonyl (C=O) groups excluding carboxylic acids is 1. The topological polar surface area (TPSA) is 81.1 Å². The lowest BCUT2D eigenvalue weighted by molar-refractivity contribution is -0.113. The van der Waals surface area contributed by atoms with Gasteiger partial charge >= 0.3 is 0 Å². The SMILES string of the molecule is CC1=C(C(=O)Nc2ccccc2C)C(c2ccc(OCc3ccccc3Cl)cc2)n2ncnc2N1. The molecule has 0 fully saturated rings. The molecule has 1 aliphatic heterocycles. The Morgan fingerprint density at radius 2 is 1.80 bits per heavy atom. The summed E-state index contributed by atoms with van der Waals surface area (Å²) in [7, 11) is 0. The summed E-state index contributed by atoms with van der Waals surface area (Å²) in [5.74, 6) is 1.08. The molecule has 1 unspecified atom stereocenters. The summed E-state index contributed by atoms with van der Waals surface area (Å²) in [4.78, 5) is 17.8. The zero-order valence-electron chi connectivity index (χ0n) is 19.3. The van der Waals surface area contributed by atoms with Gasteiger partial charge in [-0.1, -0.05) is 60.1 Å². The molecule has 0 aliphatic carbocycles. The van der Waals surface area contributed by atoms with E-state index in [4.69, 9.17) is 16.3 Å². The van der Waals surface area contributed by atoms with Crippen molar-refractivity contribution in [2.75, 3.05) is 10.6 Å². The van der Waals surface area contributed by atoms with Crippen LogP contribution in [-0.4, -0.2) is 20.7 Å². The van der Waals surface area contributed by atoms with Gasteiger partial charge in [0.2, 0.25) is 5.95 Å². The number of allylic oxidation sites excluding steroid dienone is 1. The van der Waals surface area contributed by atoms with Crippen molar-refractivity contribution in [3.8, 4) is 5.75 Å². The molecule has 0 spiro atoms. The van der Waals surface area contributed by atoms with Crippen LogP contribution in [0.25, 0.3) is 0 Å². The molecule has 1 amide bonds. The minimum absolute atomic E-state index is 0.200. The number of hydrogen-bond acceptors (Lipinski definition) is 5. The molecule has 35 heavy (non-hydrogen) atoms. The largest absolute Gasteiger partial charge is 0.489 e. The number of nitrogens with zero attached hydrogens (tertiary/aromatic N) is 3. The van der Waals surface area contributed by atoms with Crippen LogP contribution in [0.3, 0.4) is 0 Å². The molecule has 0 saturated heterocycles. The van der Waals surface area contributed by atoms with Gasteiger partial charge in [-0.2, -0.15) is 10.1 Å². The number of hydrogen-bond donors (Lipinski definition) is 2. The third kappa shape index (κ3) is 4.63. The number of anilines is 2. The maximum atomic E-state index is 13.5. The number of ether oxygens (including phenoxy) is 1. The van der Waals surface area contributed by atoms with Gasteiger partial charge in [0, 0.05) is 22.0 Å². The van der Waals surface area contributed by atoms with Gasteiger partial charge in [0.15, 0.2) is 0 Å². The number of nitrogens with one attached hydrogen (secondary N) is 2. The van der Waals surface area contributed by atoms with Gasteiger partial charge in [-0.25, -0.2) is 4.68 Å². The number of fused-ring (bicyclic) bond motifs is 1. The Morgan fingerprint density at radius 3 is 2.57 bits per heavy atom. The van der Waals surface area contributed by atoms with Crippen molar-refractivity contribution in [1.29, 1.82) is 0 Å². The summed E-state index contributed by atoms with van der Waals surface area (Å²) >= 11 is 6.24. The smallest absolute Gasteiger partial charge is 0.255 e. The lowest BCUT2D eigenvalue weighted by atomic mass is 9.95. The van der Waals surface area contributed by atoms with Crippen molar-refractivity contribution in [3.05, 3.63) is 112 Å². The third-order valence-electron chi connectivity index (χ3n) is 5.98. The number of amides is 1. The zero-order chi connectivity index (χ0) is 24.4. The van der Waals surface area contributed by atoms with Crippen LogP contribution in [0.2, 0.25) is 5.02 Å². The zero-order valence-corrected chi connectivity index (χ0v) is 20.1. The molecule has 1 atom stereocenters. The first-order valence-corrected chi connectivity index (χ1v) is 11.6. The van der Waals surface area contributed by atoms with E-state index in [2.05, 4.69) is 20.7 Å². The molecule has 176 valence electrons. The lowest BCUT2D eigenvalue weighted by Crippen LogP contribution is -2.31. The second-order valence-electron chi connectivity index (χ2n) is 8.31. The fourth-order valence-corrected chi connectivity index (χ4v) is 4.31. The number of carbonyl (C=O) groups is 1. The highest BCUT2D eigenvalue weighted by Gasteiger charge is 2.33. The van der Waals surface area contributed by atoms with Gasteiger partial charge in [0.05, 0.1) is 5.57 Å². The van der Waals surface area contributed by atoms with Crippen molar-refractivity contribution >= 4 is 29.1 Å². The van der Waals surface area contributed by atoms with Crippen molar-refractivity contribution in [2.24, 2.45) is 0 Å². The van der Waals surface area contributed by atoms with Gasteiger partial charge in [-0.3, -0.25) is 4.79 Å². The molecule has 5 rings (SSSR count). The van der Waals surface area contributed by atoms with Crippen LogP contribution >= 0.6 is 11.6 Å². The summed E-state index contributed by atoms with van der Waals surface area (Å²) in [5, 5.41) is 11.3. The Balaban J connectivity index is 1.42. The standard InChI is InChI=1S/C27H24ClN5O2/c1-17-7-3-6-10-23(17)32-26(34)24-18(2)31-27-29-16-30-33(27)25(24)19-11-13-21(14-12-19)35-15-20-8-4-5-9-22(20)28/h3-14,16,25H,15H2,1-2H3,(H,32,34)(H,29,30,31). The highest BCUT2D eigenvalue weighted by Crippen LogP contribution is 2.36. The van der Waals surface area contributed by atoms with Crippen molar-refractivity contribution in [3.63, 3.8) is 0 Å². The highest BCUT2D eigenvalue weighted by molar-refractivity contribution is 6.31. The van der Waals surface area contributed by atoms with Gasteiger partial charge in [-0.15, -0.1) is 0 Å². The molecule has 1 aromatic heterocycles. The average molecular weight is 486 g/mol. The van der Waals surface area contributed by atoms with E-state index in [9.17, 15) is 4.79 Å². The summed E-state index contributed by atoms with van der Waals surface area (Å²) in [6.07, 6.45) is 1.48. The van der Waals surface area contributed by atoms with E-state index in [0.717, 1.165) is 28.1 Å². The average Bonchev–Trinajstić information content (AvgIpc) is 3.32. The normalized spacial score (nSPS) is 14.8. The monoisotopic (exact) mass is 485 g/mol. The predicted octanol–water partition coefficient (Wildman–Crippen LogP) is 5.75. The first kappa shape index (κ1) is 22.7. The van der Waals surface area contributed by atoms with Crippen LogP contribution < -0.4 is 15.4 Å². The number of halogens is 1. The summed E-state index contributed by atoms with van der Waals surface area (Å²) in [5.41, 5.74) is 4.84. The molecule has 0 bridgehead atoms. The van der Waals surface area contributed by atoms with E-state index >= 15 is 0 Å². The van der Waals surface area contributed by atoms with E-state index in [1.807, 2.05) is 86.6 Å². The van der Waals surface area contributed by atoms with E-state index < -0.39 is 6.04 Å². The fourth-order valence-electron chi connectivity index (χ4n) is 4.12. The van der Waals surface area contributed by atoms with Crippen molar-refractivity contribution in [2.45, 2.75) is 26.5 Å². The quantitative estimate of drug-likeness (QED) is 0.363. The number of benzene rings is 3. The predicted molar refractivity (Wildman–Crippen MR) is 137 cm³/mol. The van der Waals surface area contributed by atoms with Crippen LogP contribution in [0.5, 0.6) is 5.75 Å². The Labute approximate surface area is 208 Å². The van der Waals surface area contributed by atoms with Crippen molar-refractivity contribution in [1.82, 2.24) is 14.8 Å². The van der Waals surface area contributed by atoms with Gasteiger partial charge in [0.1, 0.15) is 24.7 Å². The molecular formula is C27H24ClN5O2. The van der Waals surface area contributed by atoms with E-state index in [-0.39, 0.29) is 5.91 Å². The van der Waals surface area contributed by atoms with Crippen LogP contribution in [0, 0.1) is 6.92 Å². The first-order valence-electron chi connectivity index (χ1n) is 11.2.